The van der Waals surface area contributed by atoms with E-state index in [-0.39, 0.29) is 52.3 Å². The van der Waals surface area contributed by atoms with Crippen molar-refractivity contribution in [3.05, 3.63) is 69.3 Å². The molecule has 3 rings (SSSR count). The summed E-state index contributed by atoms with van der Waals surface area (Å²) in [5, 5.41) is 54.5. The van der Waals surface area contributed by atoms with Crippen molar-refractivity contribution in [2.45, 2.75) is 72.5 Å². The number of ketones is 1. The first-order valence-corrected chi connectivity index (χ1v) is 12.9. The van der Waals surface area contributed by atoms with Crippen LogP contribution in [0.3, 0.4) is 0 Å². The number of hydrogen-bond donors (Lipinski definition) is 5. The number of carbonyl (C=O) groups is 1. The highest BCUT2D eigenvalue weighted by molar-refractivity contribution is 6.06. The molecule has 5 N–H and O–H groups in total. The summed E-state index contributed by atoms with van der Waals surface area (Å²) in [7, 11) is 1.36. The fourth-order valence-corrected chi connectivity index (χ4v) is 4.53. The van der Waals surface area contributed by atoms with E-state index >= 15 is 0 Å². The van der Waals surface area contributed by atoms with Crippen LogP contribution in [0.4, 0.5) is 0 Å². The van der Waals surface area contributed by atoms with Gasteiger partial charge in [-0.05, 0) is 60.3 Å². The van der Waals surface area contributed by atoms with Crippen LogP contribution in [0.2, 0.25) is 0 Å². The summed E-state index contributed by atoms with van der Waals surface area (Å²) < 4.78 is 11.1. The maximum absolute atomic E-state index is 13.5. The zero-order valence-corrected chi connectivity index (χ0v) is 23.3. The Morgan fingerprint density at radius 2 is 1.49 bits per heavy atom. The molecule has 2 aromatic rings. The number of phenolic OH excluding ortho intramolecular Hbond substituents is 4. The molecule has 0 aromatic heterocycles. The third kappa shape index (κ3) is 6.40. The molecule has 0 amide bonds. The minimum absolute atomic E-state index is 0.106. The summed E-state index contributed by atoms with van der Waals surface area (Å²) in [5.41, 5.74) is 3.20. The summed E-state index contributed by atoms with van der Waals surface area (Å²) >= 11 is 0. The second kappa shape index (κ2) is 12.3. The highest BCUT2D eigenvalue weighted by Crippen LogP contribution is 2.51. The van der Waals surface area contributed by atoms with Crippen molar-refractivity contribution in [2.75, 3.05) is 7.11 Å². The van der Waals surface area contributed by atoms with Gasteiger partial charge in [-0.15, -0.1) is 0 Å². The van der Waals surface area contributed by atoms with Gasteiger partial charge in [-0.3, -0.25) is 4.79 Å². The molecule has 0 radical (unpaired) electrons. The summed E-state index contributed by atoms with van der Waals surface area (Å²) in [4.78, 5) is 13.5. The van der Waals surface area contributed by atoms with Gasteiger partial charge in [-0.25, -0.2) is 0 Å². The molecule has 2 atom stereocenters. The van der Waals surface area contributed by atoms with Gasteiger partial charge in [-0.1, -0.05) is 34.9 Å². The lowest BCUT2D eigenvalue weighted by Crippen LogP contribution is -2.37. The Morgan fingerprint density at radius 1 is 0.897 bits per heavy atom. The quantitative estimate of drug-likeness (QED) is 0.248. The topological polar surface area (TPSA) is 137 Å². The fraction of sp³-hybridized carbons (Fsp3) is 0.387. The van der Waals surface area contributed by atoms with Gasteiger partial charge in [0.2, 0.25) is 5.78 Å². The fourth-order valence-electron chi connectivity index (χ4n) is 4.53. The van der Waals surface area contributed by atoms with Crippen LogP contribution in [0.15, 0.2) is 47.1 Å². The van der Waals surface area contributed by atoms with Crippen molar-refractivity contribution in [1.29, 1.82) is 0 Å². The van der Waals surface area contributed by atoms with E-state index in [9.17, 15) is 30.3 Å². The Labute approximate surface area is 229 Å². The standard InChI is InChI=1S/C31H38O8/c1-16(2)8-7-9-18(5)11-13-20-26(34)21(12-10-17(3)4)30-25(27(20)35)28(36)29(37)31(39-30)24-22(32)14-19(38-6)15-23(24)33/h8,10-11,14-15,29,31-35,37H,7,9,12-13H2,1-6H3/b18-11+/t29-,31-/m0/s1. The van der Waals surface area contributed by atoms with Crippen molar-refractivity contribution in [3.63, 3.8) is 0 Å². The van der Waals surface area contributed by atoms with Gasteiger partial charge in [0.25, 0.3) is 0 Å². The van der Waals surface area contributed by atoms with E-state index in [0.29, 0.717) is 0 Å². The van der Waals surface area contributed by atoms with Crippen LogP contribution in [-0.4, -0.2) is 44.5 Å². The first-order chi connectivity index (χ1) is 18.4. The summed E-state index contributed by atoms with van der Waals surface area (Å²) in [5.74, 6) is -2.37. The molecule has 0 saturated carbocycles. The average molecular weight is 539 g/mol. The number of aliphatic hydroxyl groups excluding tert-OH is 1. The molecule has 0 fully saturated rings. The predicted molar refractivity (Wildman–Crippen MR) is 149 cm³/mol. The van der Waals surface area contributed by atoms with Crippen LogP contribution < -0.4 is 9.47 Å². The molecule has 8 nitrogen and oxygen atoms in total. The van der Waals surface area contributed by atoms with E-state index in [0.717, 1.165) is 24.0 Å². The van der Waals surface area contributed by atoms with Crippen molar-refractivity contribution in [2.24, 2.45) is 0 Å². The number of Topliss-reactive ketones (excluding diaryl/α,β-unsaturated/α-hetero) is 1. The summed E-state index contributed by atoms with van der Waals surface area (Å²) in [6, 6.07) is 2.44. The van der Waals surface area contributed by atoms with Crippen LogP contribution in [0.25, 0.3) is 0 Å². The Balaban J connectivity index is 2.14. The maximum Gasteiger partial charge on any atom is 0.202 e. The minimum Gasteiger partial charge on any atom is -0.507 e. The molecule has 210 valence electrons. The number of ether oxygens (including phenoxy) is 2. The van der Waals surface area contributed by atoms with Gasteiger partial charge in [0.05, 0.1) is 12.7 Å². The highest BCUT2D eigenvalue weighted by atomic mass is 16.5. The lowest BCUT2D eigenvalue weighted by Gasteiger charge is -2.33. The maximum atomic E-state index is 13.5. The van der Waals surface area contributed by atoms with E-state index in [1.165, 1.54) is 24.8 Å². The molecule has 1 heterocycles. The molecular weight excluding hydrogens is 500 g/mol. The zero-order valence-electron chi connectivity index (χ0n) is 23.3. The van der Waals surface area contributed by atoms with Crippen LogP contribution in [-0.2, 0) is 12.8 Å². The molecule has 0 aliphatic carbocycles. The molecule has 39 heavy (non-hydrogen) atoms. The van der Waals surface area contributed by atoms with Gasteiger partial charge < -0.3 is 35.0 Å². The molecule has 0 saturated heterocycles. The van der Waals surface area contributed by atoms with Crippen LogP contribution in [0.1, 0.15) is 80.6 Å². The normalized spacial score (nSPS) is 16.8. The van der Waals surface area contributed by atoms with Crippen molar-refractivity contribution in [3.8, 4) is 34.5 Å². The molecule has 2 aromatic carbocycles. The summed E-state index contributed by atoms with van der Waals surface area (Å²) in [6.07, 6.45) is 4.55. The third-order valence-electron chi connectivity index (χ3n) is 6.73. The second-order valence-corrected chi connectivity index (χ2v) is 10.3. The van der Waals surface area contributed by atoms with E-state index in [2.05, 4.69) is 6.08 Å². The first kappa shape index (κ1) is 29.6. The van der Waals surface area contributed by atoms with Gasteiger partial charge in [-0.2, -0.15) is 0 Å². The predicted octanol–water partition coefficient (Wildman–Crippen LogP) is 5.94. The lowest BCUT2D eigenvalue weighted by atomic mass is 9.87. The molecule has 0 bridgehead atoms. The number of phenols is 4. The first-order valence-electron chi connectivity index (χ1n) is 12.9. The number of aromatic hydroxyl groups is 4. The Hall–Kier alpha value is -3.91. The molecule has 0 spiro atoms. The zero-order chi connectivity index (χ0) is 29.0. The van der Waals surface area contributed by atoms with Crippen LogP contribution in [0, 0.1) is 0 Å². The number of allylic oxidation sites excluding steroid dienone is 6. The van der Waals surface area contributed by atoms with Gasteiger partial charge >= 0.3 is 0 Å². The van der Waals surface area contributed by atoms with Crippen molar-refractivity contribution >= 4 is 5.78 Å². The van der Waals surface area contributed by atoms with Crippen molar-refractivity contribution in [1.82, 2.24) is 0 Å². The Morgan fingerprint density at radius 3 is 2.05 bits per heavy atom. The molecule has 1 aliphatic heterocycles. The number of fused-ring (bicyclic) bond motifs is 1. The molecule has 1 aliphatic rings. The van der Waals surface area contributed by atoms with E-state index in [1.807, 2.05) is 46.8 Å². The second-order valence-electron chi connectivity index (χ2n) is 10.3. The number of carbonyl (C=O) groups excluding carboxylic acids is 1. The number of benzene rings is 2. The molecule has 0 unspecified atom stereocenters. The Bertz CT molecular complexity index is 1320. The van der Waals surface area contributed by atoms with E-state index in [1.54, 1.807) is 0 Å². The van der Waals surface area contributed by atoms with Gasteiger partial charge in [0.1, 0.15) is 40.1 Å². The van der Waals surface area contributed by atoms with Gasteiger partial charge in [0.15, 0.2) is 12.2 Å². The van der Waals surface area contributed by atoms with E-state index in [4.69, 9.17) is 9.47 Å². The van der Waals surface area contributed by atoms with E-state index < -0.39 is 35.2 Å². The third-order valence-corrected chi connectivity index (χ3v) is 6.73. The Kier molecular flexibility index (Phi) is 9.35. The number of rotatable bonds is 9. The number of hydrogen-bond acceptors (Lipinski definition) is 8. The molecule has 8 heteroatoms. The summed E-state index contributed by atoms with van der Waals surface area (Å²) in [6.45, 7) is 9.80. The smallest absolute Gasteiger partial charge is 0.202 e. The van der Waals surface area contributed by atoms with Crippen molar-refractivity contribution < 1.29 is 39.8 Å². The highest BCUT2D eigenvalue weighted by Gasteiger charge is 2.44. The minimum atomic E-state index is -1.84. The SMILES string of the molecule is COc1cc(O)c([C@@H]2Oc3c(CC=C(C)C)c(O)c(C/C=C(\C)CCC=C(C)C)c(O)c3C(=O)[C@@H]2O)c(O)c1. The number of aliphatic hydroxyl groups is 1. The van der Waals surface area contributed by atoms with Crippen LogP contribution >= 0.6 is 0 Å². The lowest BCUT2D eigenvalue weighted by molar-refractivity contribution is 0.0190. The van der Waals surface area contributed by atoms with Gasteiger partial charge in [0, 0.05) is 23.3 Å². The number of methoxy groups -OCH3 is 1. The average Bonchev–Trinajstić information content (AvgIpc) is 2.85. The molecular formula is C31H38O8. The monoisotopic (exact) mass is 538 g/mol. The van der Waals surface area contributed by atoms with Crippen LogP contribution in [0.5, 0.6) is 34.5 Å². The largest absolute Gasteiger partial charge is 0.507 e.